The Kier molecular flexibility index (Phi) is 3.07. The third kappa shape index (κ3) is 2.15. The molecule has 19 heavy (non-hydrogen) atoms. The number of carbonyl (C=O) groups is 1. The van der Waals surface area contributed by atoms with Crippen molar-refractivity contribution in [3.8, 4) is 0 Å². The summed E-state index contributed by atoms with van der Waals surface area (Å²) >= 11 is 0. The smallest absolute Gasteiger partial charge is 0.183 e. The third-order valence-electron chi connectivity index (χ3n) is 4.01. The maximum atomic E-state index is 12.8. The molecule has 0 bridgehead atoms. The number of nitrogens with zero attached hydrogens (tertiary/aromatic N) is 1. The van der Waals surface area contributed by atoms with Gasteiger partial charge in [0.05, 0.1) is 11.1 Å². The quantitative estimate of drug-likeness (QED) is 0.838. The first-order chi connectivity index (χ1) is 9.21. The Balaban J connectivity index is 2.06. The van der Waals surface area contributed by atoms with Gasteiger partial charge in [0.25, 0.3) is 0 Å². The third-order valence-corrected chi connectivity index (χ3v) is 4.01. The van der Waals surface area contributed by atoms with E-state index in [2.05, 4.69) is 10.3 Å². The molecular formula is C16H18N2O. The molecule has 3 heteroatoms. The van der Waals surface area contributed by atoms with Crippen LogP contribution in [0.15, 0.2) is 36.5 Å². The van der Waals surface area contributed by atoms with Crippen molar-refractivity contribution in [1.29, 1.82) is 0 Å². The van der Waals surface area contributed by atoms with E-state index in [-0.39, 0.29) is 5.78 Å². The maximum absolute atomic E-state index is 12.8. The fraction of sp³-hybridized carbons (Fsp3) is 0.375. The van der Waals surface area contributed by atoms with Crippen LogP contribution in [0, 0.1) is 0 Å². The molecule has 0 saturated carbocycles. The lowest BCUT2D eigenvalue weighted by atomic mass is 9.83. The number of fused-ring (bicyclic) bond motifs is 1. The van der Waals surface area contributed by atoms with Crippen molar-refractivity contribution in [1.82, 2.24) is 10.3 Å². The molecule has 1 saturated heterocycles. The molecule has 1 unspecified atom stereocenters. The molecule has 0 spiro atoms. The zero-order chi connectivity index (χ0) is 13.3. The number of nitrogens with one attached hydrogen (secondary N) is 1. The molecule has 0 amide bonds. The molecule has 1 fully saturated rings. The molecule has 98 valence electrons. The van der Waals surface area contributed by atoms with Gasteiger partial charge in [0.15, 0.2) is 5.78 Å². The van der Waals surface area contributed by atoms with Crippen molar-refractivity contribution in [2.45, 2.75) is 31.7 Å². The van der Waals surface area contributed by atoms with Crippen LogP contribution in [0.1, 0.15) is 36.5 Å². The molecule has 1 N–H and O–H groups in total. The molecule has 1 atom stereocenters. The highest BCUT2D eigenvalue weighted by Gasteiger charge is 2.35. The van der Waals surface area contributed by atoms with Crippen LogP contribution in [0.4, 0.5) is 0 Å². The summed E-state index contributed by atoms with van der Waals surface area (Å²) in [6.45, 7) is 2.94. The Labute approximate surface area is 113 Å². The summed E-state index contributed by atoms with van der Waals surface area (Å²) in [5.74, 6) is 0.186. The molecule has 1 aliphatic heterocycles. The van der Waals surface area contributed by atoms with Gasteiger partial charge < -0.3 is 5.32 Å². The largest absolute Gasteiger partial charge is 0.305 e. The minimum Gasteiger partial charge on any atom is -0.305 e. The van der Waals surface area contributed by atoms with Crippen molar-refractivity contribution >= 4 is 16.7 Å². The summed E-state index contributed by atoms with van der Waals surface area (Å²) in [5.41, 5.74) is 1.23. The van der Waals surface area contributed by atoms with Crippen molar-refractivity contribution in [2.75, 3.05) is 6.54 Å². The molecule has 2 heterocycles. The fourth-order valence-corrected chi connectivity index (χ4v) is 2.85. The number of carbonyl (C=O) groups excluding carboxylic acids is 1. The molecular weight excluding hydrogens is 236 g/mol. The van der Waals surface area contributed by atoms with Gasteiger partial charge in [-0.25, -0.2) is 0 Å². The lowest BCUT2D eigenvalue weighted by Gasteiger charge is -2.33. The highest BCUT2D eigenvalue weighted by molar-refractivity contribution is 6.11. The fourth-order valence-electron chi connectivity index (χ4n) is 2.85. The summed E-state index contributed by atoms with van der Waals surface area (Å²) in [6, 6.07) is 9.63. The van der Waals surface area contributed by atoms with Crippen LogP contribution in [-0.2, 0) is 0 Å². The Morgan fingerprint density at radius 3 is 2.95 bits per heavy atom. The van der Waals surface area contributed by atoms with Crippen LogP contribution in [0.2, 0.25) is 0 Å². The number of ketones is 1. The molecule has 3 nitrogen and oxygen atoms in total. The number of aromatic nitrogens is 1. The van der Waals surface area contributed by atoms with Gasteiger partial charge in [-0.1, -0.05) is 18.2 Å². The summed E-state index contributed by atoms with van der Waals surface area (Å²) in [4.78, 5) is 17.2. The van der Waals surface area contributed by atoms with Crippen LogP contribution >= 0.6 is 0 Å². The Hall–Kier alpha value is -1.74. The van der Waals surface area contributed by atoms with Gasteiger partial charge in [0.1, 0.15) is 0 Å². The van der Waals surface area contributed by atoms with Crippen LogP contribution in [-0.4, -0.2) is 22.9 Å². The molecule has 1 aliphatic rings. The van der Waals surface area contributed by atoms with Crippen molar-refractivity contribution < 1.29 is 4.79 Å². The van der Waals surface area contributed by atoms with E-state index in [1.54, 1.807) is 6.20 Å². The predicted octanol–water partition coefficient (Wildman–Crippen LogP) is 2.95. The Bertz CT molecular complexity index is 610. The summed E-state index contributed by atoms with van der Waals surface area (Å²) in [6.07, 6.45) is 4.93. The molecule has 0 aliphatic carbocycles. The van der Waals surface area contributed by atoms with Crippen LogP contribution < -0.4 is 5.32 Å². The molecule has 1 aromatic carbocycles. The highest BCUT2D eigenvalue weighted by Crippen LogP contribution is 2.26. The van der Waals surface area contributed by atoms with E-state index in [1.807, 2.05) is 37.3 Å². The second kappa shape index (κ2) is 4.74. The molecule has 2 aromatic rings. The van der Waals surface area contributed by atoms with E-state index in [9.17, 15) is 4.79 Å². The van der Waals surface area contributed by atoms with Gasteiger partial charge in [0, 0.05) is 17.1 Å². The molecule has 0 radical (unpaired) electrons. The van der Waals surface area contributed by atoms with Crippen molar-refractivity contribution in [2.24, 2.45) is 0 Å². The minimum atomic E-state index is -0.428. The van der Waals surface area contributed by atoms with E-state index in [0.717, 1.165) is 42.3 Å². The molecule has 3 rings (SSSR count). The van der Waals surface area contributed by atoms with Crippen LogP contribution in [0.5, 0.6) is 0 Å². The normalized spacial score (nSPS) is 23.4. The first kappa shape index (κ1) is 12.3. The van der Waals surface area contributed by atoms with E-state index >= 15 is 0 Å². The second-order valence-electron chi connectivity index (χ2n) is 5.42. The van der Waals surface area contributed by atoms with Gasteiger partial charge in [-0.05, 0) is 44.9 Å². The van der Waals surface area contributed by atoms with Gasteiger partial charge in [0.2, 0.25) is 0 Å². The van der Waals surface area contributed by atoms with Gasteiger partial charge in [-0.2, -0.15) is 0 Å². The number of rotatable bonds is 2. The summed E-state index contributed by atoms with van der Waals surface area (Å²) < 4.78 is 0. The zero-order valence-electron chi connectivity index (χ0n) is 11.1. The van der Waals surface area contributed by atoms with Crippen molar-refractivity contribution in [3.05, 3.63) is 42.1 Å². The minimum absolute atomic E-state index is 0.186. The SMILES string of the molecule is CC1(C(=O)c2cccc3ncccc23)CCCCN1. The lowest BCUT2D eigenvalue weighted by molar-refractivity contribution is 0.0836. The second-order valence-corrected chi connectivity index (χ2v) is 5.42. The summed E-state index contributed by atoms with van der Waals surface area (Å²) in [5, 5.41) is 4.34. The first-order valence-electron chi connectivity index (χ1n) is 6.84. The number of Topliss-reactive ketones (excluding diaryl/α,β-unsaturated/α-hetero) is 1. The van der Waals surface area contributed by atoms with Crippen LogP contribution in [0.3, 0.4) is 0 Å². The monoisotopic (exact) mass is 254 g/mol. The Morgan fingerprint density at radius 2 is 2.16 bits per heavy atom. The molecule has 1 aromatic heterocycles. The van der Waals surface area contributed by atoms with Gasteiger partial charge in [-0.15, -0.1) is 0 Å². The van der Waals surface area contributed by atoms with E-state index in [0.29, 0.717) is 0 Å². The van der Waals surface area contributed by atoms with Crippen LogP contribution in [0.25, 0.3) is 10.9 Å². The van der Waals surface area contributed by atoms with E-state index in [4.69, 9.17) is 0 Å². The standard InChI is InChI=1S/C16H18N2O/c1-16(9-2-3-11-18-16)15(19)13-6-4-8-14-12(13)7-5-10-17-14/h4-8,10,18H,2-3,9,11H2,1H3. The topological polar surface area (TPSA) is 42.0 Å². The Morgan fingerprint density at radius 1 is 1.26 bits per heavy atom. The number of hydrogen-bond donors (Lipinski definition) is 1. The highest BCUT2D eigenvalue weighted by atomic mass is 16.1. The average molecular weight is 254 g/mol. The van der Waals surface area contributed by atoms with E-state index in [1.165, 1.54) is 0 Å². The first-order valence-corrected chi connectivity index (χ1v) is 6.84. The maximum Gasteiger partial charge on any atom is 0.183 e. The number of piperidine rings is 1. The summed E-state index contributed by atoms with van der Waals surface area (Å²) in [7, 11) is 0. The van der Waals surface area contributed by atoms with Crippen molar-refractivity contribution in [3.63, 3.8) is 0 Å². The average Bonchev–Trinajstić information content (AvgIpc) is 2.47. The predicted molar refractivity (Wildman–Crippen MR) is 76.3 cm³/mol. The van der Waals surface area contributed by atoms with Gasteiger partial charge >= 0.3 is 0 Å². The number of pyridine rings is 1. The lowest BCUT2D eigenvalue weighted by Crippen LogP contribution is -2.52. The van der Waals surface area contributed by atoms with Gasteiger partial charge in [-0.3, -0.25) is 9.78 Å². The number of benzene rings is 1. The van der Waals surface area contributed by atoms with E-state index < -0.39 is 5.54 Å². The zero-order valence-corrected chi connectivity index (χ0v) is 11.1. The number of hydrogen-bond acceptors (Lipinski definition) is 3.